The Labute approximate surface area is 463 Å². The van der Waals surface area contributed by atoms with E-state index in [4.69, 9.17) is 5.73 Å². The van der Waals surface area contributed by atoms with Gasteiger partial charge in [0.25, 0.3) is 17.5 Å². The highest BCUT2D eigenvalue weighted by Crippen LogP contribution is 2.41. The number of non-ortho nitro benzene ring substituents is 1. The second kappa shape index (κ2) is 25.8. The summed E-state index contributed by atoms with van der Waals surface area (Å²) in [5.74, 6) is -4.42. The summed E-state index contributed by atoms with van der Waals surface area (Å²) >= 11 is 0. The molecule has 3 heterocycles. The van der Waals surface area contributed by atoms with Gasteiger partial charge < -0.3 is 47.5 Å². The predicted molar refractivity (Wildman–Crippen MR) is 300 cm³/mol. The normalized spacial score (nSPS) is 17.7. The Balaban J connectivity index is 0.840. The third-order valence-corrected chi connectivity index (χ3v) is 15.2. The van der Waals surface area contributed by atoms with Gasteiger partial charge in [0, 0.05) is 92.5 Å². The van der Waals surface area contributed by atoms with Gasteiger partial charge in [-0.15, -0.1) is 0 Å². The number of carbonyl (C=O) groups is 8. The van der Waals surface area contributed by atoms with Crippen molar-refractivity contribution in [3.63, 3.8) is 0 Å². The molecule has 5 aromatic rings. The molecule has 1 fully saturated rings. The maximum Gasteiger partial charge on any atom is 0.269 e. The van der Waals surface area contributed by atoms with E-state index < -0.39 is 58.6 Å². The van der Waals surface area contributed by atoms with Crippen LogP contribution in [0.2, 0.25) is 0 Å². The second-order valence-electron chi connectivity index (χ2n) is 21.1. The highest BCUT2D eigenvalue weighted by Gasteiger charge is 2.40. The first-order valence-corrected chi connectivity index (χ1v) is 27.1. The number of nitro groups is 1. The molecule has 0 radical (unpaired) electrons. The molecule has 0 unspecified atom stereocenters. The molecule has 6 atom stereocenters. The number of likely N-dealkylation sites (tertiary alicyclic amines) is 1. The molecule has 4 aromatic carbocycles. The largest absolute Gasteiger partial charge is 0.368 e. The minimum absolute atomic E-state index is 0.0489. The topological polar surface area (TPSA) is 300 Å². The van der Waals surface area contributed by atoms with Crippen LogP contribution >= 0.6 is 0 Å². The van der Waals surface area contributed by atoms with E-state index in [0.717, 1.165) is 39.6 Å². The van der Waals surface area contributed by atoms with Crippen LogP contribution in [0.25, 0.3) is 27.6 Å². The van der Waals surface area contributed by atoms with Crippen LogP contribution in [0.4, 0.5) is 5.69 Å². The third-order valence-electron chi connectivity index (χ3n) is 15.2. The summed E-state index contributed by atoms with van der Waals surface area (Å²) in [6, 6.07) is 21.9. The van der Waals surface area contributed by atoms with Crippen molar-refractivity contribution in [3.8, 4) is 11.1 Å². The van der Waals surface area contributed by atoms with E-state index in [1.807, 2.05) is 31.5 Å². The second-order valence-corrected chi connectivity index (χ2v) is 21.1. The standard InChI is InChI=1S/C59H69N11O10/c1-34(2)52(67-56(75)42-30-45-44-9-7-11-46-51(44)41(32-64-46)31-50(45)68(4)33-42)58(77)66-48(29-36-13-23-43(24-14-36)70(79)80)59(78)69-28-8-12-49(69)57(76)63-27-26-62-55(74)40-21-17-38(18-22-40)37-15-19-39(20-16-37)54(73)61-25-6-5-10-47(53(60)72)65-35(3)71/h7,9,11,13-24,30,32,34,42,47-50,52,64H,5-6,8,10,12,25-29,31,33H2,1-4H3,(H2,60,72)(H,61,73)(H,62,74)(H,63,76)(H,65,71)(H,66,77)(H,67,75)/t42-,47+,48+,49+,50-,52+/m1/s1. The van der Waals surface area contributed by atoms with Gasteiger partial charge in [-0.25, -0.2) is 0 Å². The van der Waals surface area contributed by atoms with Crippen LogP contribution in [0, 0.1) is 22.0 Å². The molecular formula is C59H69N11O10. The fraction of sp³-hybridized carbons (Fsp3) is 0.390. The molecule has 1 saturated heterocycles. The lowest BCUT2D eigenvalue weighted by atomic mass is 9.79. The fourth-order valence-corrected chi connectivity index (χ4v) is 10.9. The Morgan fingerprint density at radius 1 is 0.775 bits per heavy atom. The number of nitrogens with one attached hydrogen (secondary N) is 7. The maximum absolute atomic E-state index is 14.6. The van der Waals surface area contributed by atoms with Gasteiger partial charge in [0.1, 0.15) is 24.2 Å². The van der Waals surface area contributed by atoms with Crippen molar-refractivity contribution in [2.24, 2.45) is 17.6 Å². The number of primary amides is 1. The molecule has 2 aliphatic heterocycles. The summed E-state index contributed by atoms with van der Waals surface area (Å²) in [4.78, 5) is 124. The number of benzene rings is 4. The molecule has 9 N–H and O–H groups in total. The zero-order valence-electron chi connectivity index (χ0n) is 45.3. The van der Waals surface area contributed by atoms with E-state index in [9.17, 15) is 48.5 Å². The summed E-state index contributed by atoms with van der Waals surface area (Å²) in [5, 5.41) is 29.5. The summed E-state index contributed by atoms with van der Waals surface area (Å²) in [7, 11) is 2.00. The number of carbonyl (C=O) groups excluding carboxylic acids is 8. The minimum atomic E-state index is -1.20. The molecule has 21 heteroatoms. The molecule has 3 aliphatic rings. The van der Waals surface area contributed by atoms with Crippen LogP contribution in [0.5, 0.6) is 0 Å². The van der Waals surface area contributed by atoms with Crippen molar-refractivity contribution in [2.75, 3.05) is 39.8 Å². The van der Waals surface area contributed by atoms with E-state index in [1.165, 1.54) is 41.7 Å². The molecule has 80 heavy (non-hydrogen) atoms. The number of likely N-dealkylation sites (N-methyl/N-ethyl adjacent to an activating group) is 1. The monoisotopic (exact) mass is 1090 g/mol. The van der Waals surface area contributed by atoms with Gasteiger partial charge in [-0.2, -0.15) is 0 Å². The highest BCUT2D eigenvalue weighted by molar-refractivity contribution is 6.01. The van der Waals surface area contributed by atoms with Crippen LogP contribution in [-0.4, -0.2) is 137 Å². The number of unbranched alkanes of at least 4 members (excludes halogenated alkanes) is 1. The first-order valence-electron chi connectivity index (χ1n) is 27.1. The average molecular weight is 1090 g/mol. The molecular weight excluding hydrogens is 1020 g/mol. The van der Waals surface area contributed by atoms with Gasteiger partial charge in [-0.05, 0) is 115 Å². The van der Waals surface area contributed by atoms with E-state index in [2.05, 4.69) is 47.9 Å². The van der Waals surface area contributed by atoms with Crippen LogP contribution in [0.1, 0.15) is 90.3 Å². The smallest absolute Gasteiger partial charge is 0.269 e. The fourth-order valence-electron chi connectivity index (χ4n) is 10.9. The molecule has 0 spiro atoms. The Morgan fingerprint density at radius 3 is 2.05 bits per heavy atom. The van der Waals surface area contributed by atoms with Gasteiger partial charge in [0.2, 0.25) is 35.4 Å². The summed E-state index contributed by atoms with van der Waals surface area (Å²) in [6.45, 7) is 6.10. The molecule has 420 valence electrons. The number of amides is 8. The van der Waals surface area contributed by atoms with Gasteiger partial charge in [-0.1, -0.05) is 68.5 Å². The van der Waals surface area contributed by atoms with Crippen molar-refractivity contribution in [3.05, 3.63) is 141 Å². The summed E-state index contributed by atoms with van der Waals surface area (Å²) in [6.07, 6.45) is 7.20. The Morgan fingerprint density at radius 2 is 1.43 bits per heavy atom. The van der Waals surface area contributed by atoms with Crippen LogP contribution < -0.4 is 37.6 Å². The van der Waals surface area contributed by atoms with Gasteiger partial charge in [0.05, 0.1) is 10.8 Å². The average Bonchev–Trinajstić information content (AvgIpc) is 4.28. The minimum Gasteiger partial charge on any atom is -0.368 e. The zero-order chi connectivity index (χ0) is 57.2. The van der Waals surface area contributed by atoms with Crippen molar-refractivity contribution in [1.29, 1.82) is 0 Å². The molecule has 8 amide bonds. The Hall–Kier alpha value is -8.72. The van der Waals surface area contributed by atoms with Crippen LogP contribution in [0.3, 0.4) is 0 Å². The number of fused-ring (bicyclic) bond motifs is 2. The lowest BCUT2D eigenvalue weighted by molar-refractivity contribution is -0.384. The molecule has 1 aromatic heterocycles. The number of hydrogen-bond acceptors (Lipinski definition) is 11. The first kappa shape index (κ1) is 57.5. The first-order chi connectivity index (χ1) is 38.4. The summed E-state index contributed by atoms with van der Waals surface area (Å²) in [5.41, 5.74) is 12.6. The number of nitro benzene ring substituents is 1. The quantitative estimate of drug-likeness (QED) is 0.0264. The lowest BCUT2D eigenvalue weighted by Gasteiger charge is -2.39. The van der Waals surface area contributed by atoms with E-state index >= 15 is 0 Å². The number of nitrogens with zero attached hydrogens (tertiary/aromatic N) is 3. The maximum atomic E-state index is 14.6. The van der Waals surface area contributed by atoms with Gasteiger partial charge in [-0.3, -0.25) is 53.4 Å². The number of aromatic amines is 1. The molecule has 21 nitrogen and oxygen atoms in total. The van der Waals surface area contributed by atoms with E-state index in [0.29, 0.717) is 61.9 Å². The molecule has 8 rings (SSSR count). The zero-order valence-corrected chi connectivity index (χ0v) is 45.3. The number of H-pyrrole nitrogens is 1. The summed E-state index contributed by atoms with van der Waals surface area (Å²) < 4.78 is 0. The third kappa shape index (κ3) is 13.7. The van der Waals surface area contributed by atoms with Crippen LogP contribution in [-0.2, 0) is 41.6 Å². The Bertz CT molecular complexity index is 3170. The predicted octanol–water partition coefficient (Wildman–Crippen LogP) is 3.91. The van der Waals surface area contributed by atoms with Crippen molar-refractivity contribution in [1.82, 2.24) is 46.7 Å². The van der Waals surface area contributed by atoms with Crippen molar-refractivity contribution < 1.29 is 43.3 Å². The van der Waals surface area contributed by atoms with E-state index in [-0.39, 0.29) is 67.3 Å². The SMILES string of the molecule is CC(=O)N[C@@H](CCCCNC(=O)c1ccc(-c2ccc(C(=O)NCCNC(=O)[C@@H]3CCCN3C(=O)[C@H](Cc3ccc([N+](=O)[O-])cc3)NC(=O)[C@@H](NC(=O)[C@@H]3C=C4c5cccc6[nH]cc(c56)C[C@H]4N(C)C3)C(C)C)cc2)cc1)C(N)=O. The lowest BCUT2D eigenvalue weighted by Crippen LogP contribution is -2.59. The molecule has 0 saturated carbocycles. The van der Waals surface area contributed by atoms with E-state index in [1.54, 1.807) is 62.4 Å². The van der Waals surface area contributed by atoms with Gasteiger partial charge >= 0.3 is 0 Å². The molecule has 1 aliphatic carbocycles. The Kier molecular flexibility index (Phi) is 18.6. The highest BCUT2D eigenvalue weighted by atomic mass is 16.6. The number of hydrogen-bond donors (Lipinski definition) is 8. The number of rotatable bonds is 23. The molecule has 0 bridgehead atoms. The number of nitrogens with two attached hydrogens (primary N) is 1. The van der Waals surface area contributed by atoms with Crippen LogP contribution in [0.15, 0.2) is 103 Å². The van der Waals surface area contributed by atoms with Gasteiger partial charge in [0.15, 0.2) is 0 Å². The van der Waals surface area contributed by atoms with Crippen molar-refractivity contribution >= 4 is 69.4 Å². The number of aromatic nitrogens is 1. The van der Waals surface area contributed by atoms with Crippen molar-refractivity contribution in [2.45, 2.75) is 95.9 Å².